The van der Waals surface area contributed by atoms with Crippen LogP contribution in [0.5, 0.6) is 5.75 Å². The van der Waals surface area contributed by atoms with Crippen LogP contribution >= 0.6 is 0 Å². The van der Waals surface area contributed by atoms with E-state index in [1.807, 2.05) is 6.07 Å². The highest BCUT2D eigenvalue weighted by Crippen LogP contribution is 2.31. The van der Waals surface area contributed by atoms with Crippen LogP contribution in [0, 0.1) is 12.8 Å². The minimum absolute atomic E-state index is 0.683. The van der Waals surface area contributed by atoms with Crippen molar-refractivity contribution in [1.82, 2.24) is 0 Å². The van der Waals surface area contributed by atoms with Gasteiger partial charge >= 0.3 is 0 Å². The van der Waals surface area contributed by atoms with Gasteiger partial charge in [0, 0.05) is 5.56 Å². The van der Waals surface area contributed by atoms with Crippen LogP contribution in [0.25, 0.3) is 11.1 Å². The van der Waals surface area contributed by atoms with Crippen molar-refractivity contribution in [2.75, 3.05) is 13.7 Å². The summed E-state index contributed by atoms with van der Waals surface area (Å²) in [6.07, 6.45) is 3.39. The van der Waals surface area contributed by atoms with Crippen LogP contribution in [-0.4, -0.2) is 13.7 Å². The van der Waals surface area contributed by atoms with Crippen molar-refractivity contribution in [3.63, 3.8) is 0 Å². The van der Waals surface area contributed by atoms with E-state index < -0.39 is 0 Å². The van der Waals surface area contributed by atoms with E-state index in [1.54, 1.807) is 7.11 Å². The molecule has 22 heavy (non-hydrogen) atoms. The van der Waals surface area contributed by atoms with Crippen LogP contribution < -0.4 is 10.5 Å². The second-order valence-corrected chi connectivity index (χ2v) is 6.13. The molecular weight excluding hydrogens is 270 g/mol. The molecule has 0 spiro atoms. The van der Waals surface area contributed by atoms with Crippen molar-refractivity contribution in [2.24, 2.45) is 11.7 Å². The Balaban J connectivity index is 2.19. The number of benzene rings is 2. The van der Waals surface area contributed by atoms with Crippen LogP contribution in [-0.2, 0) is 6.42 Å². The number of rotatable bonds is 7. The molecule has 0 aliphatic rings. The maximum absolute atomic E-state index is 5.63. The number of aryl methyl sites for hydroxylation is 2. The molecule has 1 atom stereocenters. The molecule has 0 aliphatic carbocycles. The van der Waals surface area contributed by atoms with Gasteiger partial charge in [0.15, 0.2) is 0 Å². The van der Waals surface area contributed by atoms with Gasteiger partial charge in [-0.25, -0.2) is 0 Å². The van der Waals surface area contributed by atoms with Gasteiger partial charge in [0.05, 0.1) is 7.11 Å². The van der Waals surface area contributed by atoms with Crippen molar-refractivity contribution in [2.45, 2.75) is 33.1 Å². The summed E-state index contributed by atoms with van der Waals surface area (Å²) in [6, 6.07) is 15.1. The molecule has 118 valence electrons. The fourth-order valence-electron chi connectivity index (χ4n) is 2.78. The van der Waals surface area contributed by atoms with Crippen LogP contribution in [0.4, 0.5) is 0 Å². The molecule has 0 bridgehead atoms. The highest BCUT2D eigenvalue weighted by Gasteiger charge is 2.08. The van der Waals surface area contributed by atoms with Crippen molar-refractivity contribution in [3.05, 3.63) is 53.6 Å². The average Bonchev–Trinajstić information content (AvgIpc) is 2.53. The van der Waals surface area contributed by atoms with Gasteiger partial charge in [-0.3, -0.25) is 0 Å². The van der Waals surface area contributed by atoms with E-state index >= 15 is 0 Å². The number of hydrogen-bond acceptors (Lipinski definition) is 2. The summed E-state index contributed by atoms with van der Waals surface area (Å²) in [4.78, 5) is 0. The number of methoxy groups -OCH3 is 1. The molecular formula is C20H27NO. The molecule has 2 heteroatoms. The second-order valence-electron chi connectivity index (χ2n) is 6.13. The van der Waals surface area contributed by atoms with Gasteiger partial charge in [-0.2, -0.15) is 0 Å². The third-order valence-corrected chi connectivity index (χ3v) is 4.18. The van der Waals surface area contributed by atoms with Crippen LogP contribution in [0.15, 0.2) is 42.5 Å². The maximum Gasteiger partial charge on any atom is 0.126 e. The summed E-state index contributed by atoms with van der Waals surface area (Å²) in [7, 11) is 1.73. The smallest absolute Gasteiger partial charge is 0.126 e. The summed E-state index contributed by atoms with van der Waals surface area (Å²) in [6.45, 7) is 5.17. The minimum Gasteiger partial charge on any atom is -0.496 e. The monoisotopic (exact) mass is 297 g/mol. The zero-order valence-corrected chi connectivity index (χ0v) is 13.9. The number of ether oxygens (including phenoxy) is 1. The van der Waals surface area contributed by atoms with Crippen LogP contribution in [0.1, 0.15) is 30.9 Å². The molecule has 2 rings (SSSR count). The van der Waals surface area contributed by atoms with Gasteiger partial charge in [-0.1, -0.05) is 42.8 Å². The Morgan fingerprint density at radius 3 is 2.64 bits per heavy atom. The molecule has 0 aromatic heterocycles. The first kappa shape index (κ1) is 16.6. The van der Waals surface area contributed by atoms with Gasteiger partial charge in [0.2, 0.25) is 0 Å². The first-order chi connectivity index (χ1) is 10.6. The largest absolute Gasteiger partial charge is 0.496 e. The van der Waals surface area contributed by atoms with Crippen molar-refractivity contribution in [3.8, 4) is 16.9 Å². The van der Waals surface area contributed by atoms with E-state index in [2.05, 4.69) is 50.2 Å². The van der Waals surface area contributed by atoms with E-state index in [1.165, 1.54) is 28.7 Å². The molecule has 0 saturated heterocycles. The van der Waals surface area contributed by atoms with Crippen LogP contribution in [0.3, 0.4) is 0 Å². The third kappa shape index (κ3) is 4.35. The zero-order valence-electron chi connectivity index (χ0n) is 13.9. The maximum atomic E-state index is 5.63. The van der Waals surface area contributed by atoms with Gasteiger partial charge in [-0.15, -0.1) is 0 Å². The second kappa shape index (κ2) is 8.00. The topological polar surface area (TPSA) is 35.2 Å². The lowest BCUT2D eigenvalue weighted by Crippen LogP contribution is -2.06. The predicted molar refractivity (Wildman–Crippen MR) is 94.3 cm³/mol. The van der Waals surface area contributed by atoms with Crippen molar-refractivity contribution >= 4 is 0 Å². The lowest BCUT2D eigenvalue weighted by Gasteiger charge is -2.13. The first-order valence-corrected chi connectivity index (χ1v) is 8.08. The van der Waals surface area contributed by atoms with Gasteiger partial charge in [-0.05, 0) is 61.9 Å². The molecule has 2 nitrogen and oxygen atoms in total. The summed E-state index contributed by atoms with van der Waals surface area (Å²) in [5.74, 6) is 1.61. The SMILES string of the molecule is COc1ccc(C)cc1-c1cccc(CCC(C)CCN)c1. The summed E-state index contributed by atoms with van der Waals surface area (Å²) >= 11 is 0. The lowest BCUT2D eigenvalue weighted by atomic mass is 9.95. The predicted octanol–water partition coefficient (Wildman–Crippen LogP) is 4.59. The minimum atomic E-state index is 0.683. The standard InChI is InChI=1S/C20H27NO/c1-15(11-12-21)7-9-17-5-4-6-18(14-17)19-13-16(2)8-10-20(19)22-3/h4-6,8,10,13-15H,7,9,11-12,21H2,1-3H3. The summed E-state index contributed by atoms with van der Waals surface area (Å²) < 4.78 is 5.51. The first-order valence-electron chi connectivity index (χ1n) is 8.08. The summed E-state index contributed by atoms with van der Waals surface area (Å²) in [5.41, 5.74) is 10.7. The fraction of sp³-hybridized carbons (Fsp3) is 0.400. The fourth-order valence-corrected chi connectivity index (χ4v) is 2.78. The molecule has 2 aromatic carbocycles. The Hall–Kier alpha value is -1.80. The number of nitrogens with two attached hydrogens (primary N) is 1. The Labute approximate surface area is 134 Å². The Morgan fingerprint density at radius 1 is 1.09 bits per heavy atom. The zero-order chi connectivity index (χ0) is 15.9. The molecule has 0 amide bonds. The van der Waals surface area contributed by atoms with Gasteiger partial charge < -0.3 is 10.5 Å². The van der Waals surface area contributed by atoms with Crippen LogP contribution in [0.2, 0.25) is 0 Å². The molecule has 0 fully saturated rings. The molecule has 2 N–H and O–H groups in total. The van der Waals surface area contributed by atoms with E-state index in [4.69, 9.17) is 10.5 Å². The van der Waals surface area contributed by atoms with E-state index in [-0.39, 0.29) is 0 Å². The third-order valence-electron chi connectivity index (χ3n) is 4.18. The van der Waals surface area contributed by atoms with Gasteiger partial charge in [0.25, 0.3) is 0 Å². The number of hydrogen-bond donors (Lipinski definition) is 1. The van der Waals surface area contributed by atoms with E-state index in [9.17, 15) is 0 Å². The average molecular weight is 297 g/mol. The molecule has 0 heterocycles. The highest BCUT2D eigenvalue weighted by atomic mass is 16.5. The molecule has 0 radical (unpaired) electrons. The van der Waals surface area contributed by atoms with E-state index in [0.717, 1.165) is 25.1 Å². The Bertz CT molecular complexity index is 606. The molecule has 2 aromatic rings. The Morgan fingerprint density at radius 2 is 1.91 bits per heavy atom. The van der Waals surface area contributed by atoms with Gasteiger partial charge in [0.1, 0.15) is 5.75 Å². The van der Waals surface area contributed by atoms with Crippen molar-refractivity contribution < 1.29 is 4.74 Å². The summed E-state index contributed by atoms with van der Waals surface area (Å²) in [5, 5.41) is 0. The molecule has 0 saturated carbocycles. The Kier molecular flexibility index (Phi) is 6.02. The molecule has 1 unspecified atom stereocenters. The normalized spacial score (nSPS) is 12.2. The van der Waals surface area contributed by atoms with Crippen molar-refractivity contribution in [1.29, 1.82) is 0 Å². The van der Waals surface area contributed by atoms with E-state index in [0.29, 0.717) is 5.92 Å². The molecule has 0 aliphatic heterocycles. The quantitative estimate of drug-likeness (QED) is 0.811. The lowest BCUT2D eigenvalue weighted by molar-refractivity contribution is 0.416. The highest BCUT2D eigenvalue weighted by molar-refractivity contribution is 5.71.